The fourth-order valence-electron chi connectivity index (χ4n) is 3.06. The molecule has 148 valence electrons. The Labute approximate surface area is 170 Å². The van der Waals surface area contributed by atoms with Crippen LogP contribution in [-0.2, 0) is 25.4 Å². The van der Waals surface area contributed by atoms with E-state index in [1.807, 2.05) is 19.1 Å². The summed E-state index contributed by atoms with van der Waals surface area (Å²) in [6.07, 6.45) is 0.669. The van der Waals surface area contributed by atoms with Gasteiger partial charge in [-0.1, -0.05) is 30.7 Å². The zero-order valence-corrected chi connectivity index (χ0v) is 17.1. The summed E-state index contributed by atoms with van der Waals surface area (Å²) in [5, 5.41) is 3.50. The molecule has 0 saturated carbocycles. The lowest BCUT2D eigenvalue weighted by Gasteiger charge is -2.18. The van der Waals surface area contributed by atoms with Crippen LogP contribution in [0.25, 0.3) is 11.2 Å². The summed E-state index contributed by atoms with van der Waals surface area (Å²) < 4.78 is 3.49. The number of amides is 1. The van der Waals surface area contributed by atoms with Crippen LogP contribution < -0.4 is 16.6 Å². The number of benzene rings is 1. The van der Waals surface area contributed by atoms with Crippen molar-refractivity contribution in [2.45, 2.75) is 25.9 Å². The number of aromatic nitrogens is 4. The molecule has 1 aromatic carbocycles. The van der Waals surface area contributed by atoms with Gasteiger partial charge < -0.3 is 5.32 Å². The minimum atomic E-state index is -0.560. The Morgan fingerprint density at radius 2 is 1.79 bits per heavy atom. The summed E-state index contributed by atoms with van der Waals surface area (Å²) >= 11 is 12.1. The Hall–Kier alpha value is -2.58. The van der Waals surface area contributed by atoms with Crippen LogP contribution in [0.3, 0.4) is 0 Å². The molecule has 0 saturated heterocycles. The first kappa shape index (κ1) is 20.2. The average Bonchev–Trinajstić information content (AvgIpc) is 3.00. The minimum Gasteiger partial charge on any atom is -0.348 e. The van der Waals surface area contributed by atoms with Crippen molar-refractivity contribution in [2.75, 3.05) is 0 Å². The third kappa shape index (κ3) is 3.57. The number of fused-ring (bicyclic) bond motifs is 1. The number of aryl methyl sites for hydroxylation is 1. The quantitative estimate of drug-likeness (QED) is 0.635. The van der Waals surface area contributed by atoms with Gasteiger partial charge in [-0.2, -0.15) is 4.98 Å². The highest BCUT2D eigenvalue weighted by atomic mass is 35.5. The van der Waals surface area contributed by atoms with E-state index in [1.165, 1.54) is 23.2 Å². The van der Waals surface area contributed by atoms with Gasteiger partial charge in [0.05, 0.1) is 6.04 Å². The number of hydrogen-bond acceptors (Lipinski definition) is 4. The van der Waals surface area contributed by atoms with Crippen LogP contribution >= 0.6 is 23.2 Å². The van der Waals surface area contributed by atoms with Gasteiger partial charge in [0.15, 0.2) is 11.2 Å². The smallest absolute Gasteiger partial charge is 0.332 e. The molecule has 1 N–H and O–H groups in total. The zero-order chi connectivity index (χ0) is 20.6. The van der Waals surface area contributed by atoms with Gasteiger partial charge >= 0.3 is 5.69 Å². The Morgan fingerprint density at radius 1 is 1.14 bits per heavy atom. The monoisotopic (exact) mass is 423 g/mol. The van der Waals surface area contributed by atoms with Crippen molar-refractivity contribution in [3.8, 4) is 0 Å². The molecule has 0 radical (unpaired) electrons. The molecule has 0 fully saturated rings. The number of hydrogen-bond donors (Lipinski definition) is 1. The number of nitrogens with zero attached hydrogens (tertiary/aromatic N) is 4. The van der Waals surface area contributed by atoms with Gasteiger partial charge in [0.2, 0.25) is 11.2 Å². The van der Waals surface area contributed by atoms with Gasteiger partial charge in [-0.25, -0.2) is 4.79 Å². The van der Waals surface area contributed by atoms with Crippen LogP contribution in [0.2, 0.25) is 10.3 Å². The minimum absolute atomic E-state index is 0.0389. The first-order valence-electron chi connectivity index (χ1n) is 8.61. The van der Waals surface area contributed by atoms with Crippen molar-refractivity contribution in [1.82, 2.24) is 24.0 Å². The van der Waals surface area contributed by atoms with Crippen LogP contribution in [0.1, 0.15) is 24.9 Å². The van der Waals surface area contributed by atoms with Crippen LogP contribution in [0.4, 0.5) is 0 Å². The lowest BCUT2D eigenvalue weighted by atomic mass is 10.0. The van der Waals surface area contributed by atoms with Crippen LogP contribution in [-0.4, -0.2) is 24.6 Å². The molecule has 2 heterocycles. The third-order valence-corrected chi connectivity index (χ3v) is 5.16. The van der Waals surface area contributed by atoms with Crippen molar-refractivity contribution < 1.29 is 4.79 Å². The Balaban J connectivity index is 1.93. The van der Waals surface area contributed by atoms with Gasteiger partial charge in [-0.05, 0) is 35.7 Å². The van der Waals surface area contributed by atoms with Gasteiger partial charge in [0, 0.05) is 19.1 Å². The van der Waals surface area contributed by atoms with Crippen molar-refractivity contribution in [3.63, 3.8) is 0 Å². The van der Waals surface area contributed by atoms with E-state index < -0.39 is 11.2 Å². The fourth-order valence-corrected chi connectivity index (χ4v) is 3.41. The normalized spacial score (nSPS) is 12.3. The molecule has 3 rings (SSSR count). The standard InChI is InChI=1S/C18H19Cl2N5O3/c1-4-12(10-5-7-11(19)8-6-10)21-13(26)9-25-14-15(22-17(25)20)23(2)18(28)24(3)16(14)27/h5-8,12H,4,9H2,1-3H3,(H,21,26)/t12-/m0/s1. The second-order valence-electron chi connectivity index (χ2n) is 6.42. The maximum absolute atomic E-state index is 12.6. The molecular formula is C18H19Cl2N5O3. The molecule has 0 aliphatic heterocycles. The van der Waals surface area contributed by atoms with Crippen LogP contribution in [0.5, 0.6) is 0 Å². The SMILES string of the molecule is CC[C@H](NC(=O)Cn1c(Cl)nc2c1c(=O)n(C)c(=O)n2C)c1ccc(Cl)cc1. The maximum atomic E-state index is 12.6. The topological polar surface area (TPSA) is 90.9 Å². The Kier molecular flexibility index (Phi) is 5.62. The summed E-state index contributed by atoms with van der Waals surface area (Å²) in [6, 6.07) is 7.00. The van der Waals surface area contributed by atoms with Crippen molar-refractivity contribution >= 4 is 40.3 Å². The van der Waals surface area contributed by atoms with E-state index in [0.717, 1.165) is 10.1 Å². The van der Waals surface area contributed by atoms with E-state index in [9.17, 15) is 14.4 Å². The molecular weight excluding hydrogens is 405 g/mol. The lowest BCUT2D eigenvalue weighted by molar-refractivity contribution is -0.122. The average molecular weight is 424 g/mol. The molecule has 1 atom stereocenters. The highest BCUT2D eigenvalue weighted by Gasteiger charge is 2.21. The molecule has 0 spiro atoms. The Bertz CT molecular complexity index is 1160. The van der Waals surface area contributed by atoms with Gasteiger partial charge in [0.25, 0.3) is 5.56 Å². The zero-order valence-electron chi connectivity index (χ0n) is 15.6. The number of rotatable bonds is 5. The summed E-state index contributed by atoms with van der Waals surface area (Å²) in [5.41, 5.74) is 0.0761. The second-order valence-corrected chi connectivity index (χ2v) is 7.20. The molecule has 0 unspecified atom stereocenters. The predicted molar refractivity (Wildman–Crippen MR) is 108 cm³/mol. The van der Waals surface area contributed by atoms with Gasteiger partial charge in [-0.15, -0.1) is 0 Å². The molecule has 0 bridgehead atoms. The molecule has 10 heteroatoms. The van der Waals surface area contributed by atoms with E-state index in [1.54, 1.807) is 12.1 Å². The van der Waals surface area contributed by atoms with Crippen LogP contribution in [0.15, 0.2) is 33.9 Å². The molecule has 1 amide bonds. The van der Waals surface area contributed by atoms with Gasteiger partial charge in [-0.3, -0.25) is 23.3 Å². The number of imidazole rings is 1. The van der Waals surface area contributed by atoms with E-state index in [4.69, 9.17) is 23.2 Å². The number of carbonyl (C=O) groups excluding carboxylic acids is 1. The number of nitrogens with one attached hydrogen (secondary N) is 1. The maximum Gasteiger partial charge on any atom is 0.332 e. The first-order valence-corrected chi connectivity index (χ1v) is 9.36. The van der Waals surface area contributed by atoms with Crippen LogP contribution in [0, 0.1) is 0 Å². The highest BCUT2D eigenvalue weighted by Crippen LogP contribution is 2.20. The van der Waals surface area contributed by atoms with Crippen molar-refractivity contribution in [3.05, 3.63) is 61.0 Å². The van der Waals surface area contributed by atoms with Crippen molar-refractivity contribution in [2.24, 2.45) is 14.1 Å². The molecule has 0 aliphatic rings. The largest absolute Gasteiger partial charge is 0.348 e. The third-order valence-electron chi connectivity index (χ3n) is 4.62. The van der Waals surface area contributed by atoms with E-state index >= 15 is 0 Å². The molecule has 2 aromatic heterocycles. The van der Waals surface area contributed by atoms with E-state index in [2.05, 4.69) is 10.3 Å². The molecule has 8 nitrogen and oxygen atoms in total. The molecule has 0 aliphatic carbocycles. The summed E-state index contributed by atoms with van der Waals surface area (Å²) in [6.45, 7) is 1.75. The highest BCUT2D eigenvalue weighted by molar-refractivity contribution is 6.30. The second kappa shape index (κ2) is 7.81. The van der Waals surface area contributed by atoms with Gasteiger partial charge in [0.1, 0.15) is 6.54 Å². The first-order chi connectivity index (χ1) is 13.2. The van der Waals surface area contributed by atoms with E-state index in [0.29, 0.717) is 11.4 Å². The number of halogens is 2. The van der Waals surface area contributed by atoms with E-state index in [-0.39, 0.29) is 34.9 Å². The lowest BCUT2D eigenvalue weighted by Crippen LogP contribution is -2.38. The Morgan fingerprint density at radius 3 is 2.39 bits per heavy atom. The summed E-state index contributed by atoms with van der Waals surface area (Å²) in [4.78, 5) is 41.3. The summed E-state index contributed by atoms with van der Waals surface area (Å²) in [5.74, 6) is -0.334. The predicted octanol–water partition coefficient (Wildman–Crippen LogP) is 2.01. The number of carbonyl (C=O) groups is 1. The fraction of sp³-hybridized carbons (Fsp3) is 0.333. The molecule has 3 aromatic rings. The molecule has 28 heavy (non-hydrogen) atoms. The summed E-state index contributed by atoms with van der Waals surface area (Å²) in [7, 11) is 2.86. The van der Waals surface area contributed by atoms with Crippen molar-refractivity contribution in [1.29, 1.82) is 0 Å².